The van der Waals surface area contributed by atoms with Crippen molar-refractivity contribution in [2.24, 2.45) is 5.92 Å². The average molecular weight is 407 g/mol. The molecular weight excluding hydrogens is 368 g/mol. The van der Waals surface area contributed by atoms with Gasteiger partial charge in [-0.2, -0.15) is 0 Å². The Bertz CT molecular complexity index is 752. The van der Waals surface area contributed by atoms with Gasteiger partial charge in [0.2, 0.25) is 0 Å². The van der Waals surface area contributed by atoms with Gasteiger partial charge < -0.3 is 4.74 Å². The highest BCUT2D eigenvalue weighted by atomic mass is 16.5. The van der Waals surface area contributed by atoms with Crippen LogP contribution >= 0.6 is 0 Å². The van der Waals surface area contributed by atoms with Crippen LogP contribution in [-0.4, -0.2) is 5.97 Å². The zero-order valence-electron chi connectivity index (χ0n) is 18.9. The van der Waals surface area contributed by atoms with Crippen LogP contribution in [0.3, 0.4) is 0 Å². The Balaban J connectivity index is 1.47. The summed E-state index contributed by atoms with van der Waals surface area (Å²) in [7, 11) is 0. The maximum atomic E-state index is 12.5. The second-order valence-corrected chi connectivity index (χ2v) is 8.97. The number of ether oxygens (including phenoxy) is 1. The molecule has 30 heavy (non-hydrogen) atoms. The van der Waals surface area contributed by atoms with Crippen molar-refractivity contribution in [3.8, 4) is 5.75 Å². The minimum absolute atomic E-state index is 0.277. The standard InChI is InChI=1S/C28H38O2/c1-3-5-6-7-9-23-10-14-24(15-11-23)25-16-18-26(19-17-25)28(29)30-27-20-12-22(8-4-2)13-21-27/h12-13,16-21,23-24H,3-11,14-15H2,1-2H3. The molecule has 0 atom stereocenters. The molecule has 162 valence electrons. The summed E-state index contributed by atoms with van der Waals surface area (Å²) in [5, 5.41) is 0. The molecule has 2 nitrogen and oxygen atoms in total. The number of unbranched alkanes of at least 4 members (excludes halogenated alkanes) is 3. The van der Waals surface area contributed by atoms with E-state index in [-0.39, 0.29) is 5.97 Å². The molecule has 2 heteroatoms. The lowest BCUT2D eigenvalue weighted by molar-refractivity contribution is 0.0734. The second kappa shape index (κ2) is 11.9. The zero-order valence-corrected chi connectivity index (χ0v) is 18.9. The van der Waals surface area contributed by atoms with E-state index in [9.17, 15) is 4.79 Å². The average Bonchev–Trinajstić information content (AvgIpc) is 2.79. The van der Waals surface area contributed by atoms with Crippen molar-refractivity contribution in [3.05, 3.63) is 65.2 Å². The Labute approximate surface area is 183 Å². The van der Waals surface area contributed by atoms with Crippen molar-refractivity contribution in [2.45, 2.75) is 90.4 Å². The fraction of sp³-hybridized carbons (Fsp3) is 0.536. The first kappa shape index (κ1) is 22.6. The van der Waals surface area contributed by atoms with Crippen LogP contribution in [0.4, 0.5) is 0 Å². The normalized spacial score (nSPS) is 18.9. The van der Waals surface area contributed by atoms with E-state index in [1.807, 2.05) is 36.4 Å². The highest BCUT2D eigenvalue weighted by Gasteiger charge is 2.22. The van der Waals surface area contributed by atoms with Crippen LogP contribution in [0, 0.1) is 5.92 Å². The molecule has 1 fully saturated rings. The number of hydrogen-bond donors (Lipinski definition) is 0. The summed E-state index contributed by atoms with van der Waals surface area (Å²) in [6, 6.07) is 16.0. The Kier molecular flexibility index (Phi) is 8.99. The summed E-state index contributed by atoms with van der Waals surface area (Å²) >= 11 is 0. The molecular formula is C28H38O2. The summed E-state index contributed by atoms with van der Waals surface area (Å²) in [6.45, 7) is 4.44. The molecule has 0 radical (unpaired) electrons. The highest BCUT2D eigenvalue weighted by molar-refractivity contribution is 5.91. The molecule has 1 aliphatic carbocycles. The third kappa shape index (κ3) is 6.72. The molecule has 0 bridgehead atoms. The summed E-state index contributed by atoms with van der Waals surface area (Å²) < 4.78 is 5.55. The first-order chi connectivity index (χ1) is 14.7. The van der Waals surface area contributed by atoms with Gasteiger partial charge in [-0.05, 0) is 79.3 Å². The summed E-state index contributed by atoms with van der Waals surface area (Å²) in [5.41, 5.74) is 3.28. The summed E-state index contributed by atoms with van der Waals surface area (Å²) in [5.74, 6) is 1.91. The van der Waals surface area contributed by atoms with Gasteiger partial charge in [0, 0.05) is 0 Å². The Morgan fingerprint density at radius 1 is 0.833 bits per heavy atom. The quantitative estimate of drug-likeness (QED) is 0.226. The minimum Gasteiger partial charge on any atom is -0.423 e. The van der Waals surface area contributed by atoms with Crippen LogP contribution in [0.5, 0.6) is 5.75 Å². The maximum Gasteiger partial charge on any atom is 0.343 e. The third-order valence-electron chi connectivity index (χ3n) is 6.60. The van der Waals surface area contributed by atoms with Crippen molar-refractivity contribution < 1.29 is 9.53 Å². The van der Waals surface area contributed by atoms with Gasteiger partial charge in [0.05, 0.1) is 5.56 Å². The minimum atomic E-state index is -0.277. The number of carbonyl (C=O) groups is 1. The largest absolute Gasteiger partial charge is 0.423 e. The van der Waals surface area contributed by atoms with E-state index in [1.165, 1.54) is 68.9 Å². The highest BCUT2D eigenvalue weighted by Crippen LogP contribution is 2.37. The van der Waals surface area contributed by atoms with Crippen molar-refractivity contribution >= 4 is 5.97 Å². The van der Waals surface area contributed by atoms with E-state index < -0.39 is 0 Å². The molecule has 0 unspecified atom stereocenters. The molecule has 0 spiro atoms. The van der Waals surface area contributed by atoms with Gasteiger partial charge in [0.25, 0.3) is 0 Å². The number of rotatable bonds is 10. The monoisotopic (exact) mass is 406 g/mol. The van der Waals surface area contributed by atoms with Crippen LogP contribution in [-0.2, 0) is 6.42 Å². The number of hydrogen-bond acceptors (Lipinski definition) is 2. The molecule has 0 aliphatic heterocycles. The van der Waals surface area contributed by atoms with Gasteiger partial charge in [0.15, 0.2) is 0 Å². The lowest BCUT2D eigenvalue weighted by atomic mass is 9.77. The van der Waals surface area contributed by atoms with Crippen LogP contribution in [0.2, 0.25) is 0 Å². The van der Waals surface area contributed by atoms with Gasteiger partial charge in [-0.3, -0.25) is 0 Å². The summed E-state index contributed by atoms with van der Waals surface area (Å²) in [4.78, 5) is 12.5. The SMILES string of the molecule is CCCCCCC1CCC(c2ccc(C(=O)Oc3ccc(CCC)cc3)cc2)CC1. The van der Waals surface area contributed by atoms with Gasteiger partial charge in [-0.15, -0.1) is 0 Å². The molecule has 2 aromatic carbocycles. The third-order valence-corrected chi connectivity index (χ3v) is 6.60. The molecule has 0 N–H and O–H groups in total. The van der Waals surface area contributed by atoms with E-state index in [2.05, 4.69) is 26.0 Å². The van der Waals surface area contributed by atoms with Gasteiger partial charge in [-0.1, -0.05) is 76.6 Å². The summed E-state index contributed by atoms with van der Waals surface area (Å²) in [6.07, 6.45) is 14.4. The van der Waals surface area contributed by atoms with E-state index in [4.69, 9.17) is 4.74 Å². The number of aryl methyl sites for hydroxylation is 1. The Hall–Kier alpha value is -2.09. The van der Waals surface area contributed by atoms with Gasteiger partial charge in [0.1, 0.15) is 5.75 Å². The van der Waals surface area contributed by atoms with Crippen LogP contribution in [0.25, 0.3) is 0 Å². The first-order valence-electron chi connectivity index (χ1n) is 12.1. The zero-order chi connectivity index (χ0) is 21.2. The van der Waals surface area contributed by atoms with E-state index in [1.54, 1.807) is 0 Å². The molecule has 1 saturated carbocycles. The fourth-order valence-electron chi connectivity index (χ4n) is 4.71. The van der Waals surface area contributed by atoms with Crippen molar-refractivity contribution in [3.63, 3.8) is 0 Å². The van der Waals surface area contributed by atoms with Gasteiger partial charge in [-0.25, -0.2) is 4.79 Å². The van der Waals surface area contributed by atoms with Crippen LogP contribution in [0.1, 0.15) is 105 Å². The molecule has 3 rings (SSSR count). The van der Waals surface area contributed by atoms with E-state index >= 15 is 0 Å². The fourth-order valence-corrected chi connectivity index (χ4v) is 4.71. The Morgan fingerprint density at radius 2 is 1.53 bits per heavy atom. The molecule has 0 saturated heterocycles. The smallest absolute Gasteiger partial charge is 0.343 e. The number of benzene rings is 2. The molecule has 2 aromatic rings. The molecule has 1 aliphatic rings. The van der Waals surface area contributed by atoms with Crippen molar-refractivity contribution in [1.82, 2.24) is 0 Å². The lowest BCUT2D eigenvalue weighted by Gasteiger charge is -2.29. The van der Waals surface area contributed by atoms with Crippen molar-refractivity contribution in [2.75, 3.05) is 0 Å². The number of carbonyl (C=O) groups excluding carboxylic acids is 1. The maximum absolute atomic E-state index is 12.5. The van der Waals surface area contributed by atoms with Crippen LogP contribution in [0.15, 0.2) is 48.5 Å². The molecule has 0 heterocycles. The van der Waals surface area contributed by atoms with Crippen molar-refractivity contribution in [1.29, 1.82) is 0 Å². The first-order valence-corrected chi connectivity index (χ1v) is 12.1. The predicted molar refractivity (Wildman–Crippen MR) is 125 cm³/mol. The molecule has 0 amide bonds. The second-order valence-electron chi connectivity index (χ2n) is 8.97. The number of esters is 1. The van der Waals surface area contributed by atoms with E-state index in [0.717, 1.165) is 18.8 Å². The van der Waals surface area contributed by atoms with Gasteiger partial charge >= 0.3 is 5.97 Å². The van der Waals surface area contributed by atoms with E-state index in [0.29, 0.717) is 17.2 Å². The Morgan fingerprint density at radius 3 is 2.17 bits per heavy atom. The lowest BCUT2D eigenvalue weighted by Crippen LogP contribution is -2.14. The predicted octanol–water partition coefficient (Wildman–Crippen LogP) is 8.10. The molecule has 0 aromatic heterocycles. The topological polar surface area (TPSA) is 26.3 Å². The van der Waals surface area contributed by atoms with Crippen LogP contribution < -0.4 is 4.74 Å².